The Morgan fingerprint density at radius 3 is 2.61 bits per heavy atom. The summed E-state index contributed by atoms with van der Waals surface area (Å²) < 4.78 is 7.33. The highest BCUT2D eigenvalue weighted by molar-refractivity contribution is 6.30. The van der Waals surface area contributed by atoms with Crippen molar-refractivity contribution in [3.05, 3.63) is 59.3 Å². The lowest BCUT2D eigenvalue weighted by molar-refractivity contribution is 0.135. The Bertz CT molecular complexity index is 886. The monoisotopic (exact) mass is 400 g/mol. The van der Waals surface area contributed by atoms with Crippen LogP contribution in [-0.4, -0.2) is 51.3 Å². The minimum atomic E-state index is 0.159. The second-order valence-electron chi connectivity index (χ2n) is 7.47. The van der Waals surface area contributed by atoms with E-state index in [0.717, 1.165) is 42.8 Å². The molecule has 1 aliphatic heterocycles. The first-order chi connectivity index (χ1) is 13.6. The highest BCUT2D eigenvalue weighted by Gasteiger charge is 2.31. The van der Waals surface area contributed by atoms with E-state index >= 15 is 0 Å². The molecule has 1 fully saturated rings. The number of benzene rings is 1. The van der Waals surface area contributed by atoms with E-state index in [1.54, 1.807) is 6.26 Å². The van der Waals surface area contributed by atoms with Gasteiger partial charge in [0.25, 0.3) is 0 Å². The summed E-state index contributed by atoms with van der Waals surface area (Å²) in [5.41, 5.74) is 1.18. The van der Waals surface area contributed by atoms with Crippen LogP contribution in [0, 0.1) is 5.92 Å². The standard InChI is InChI=1S/C20H25ClN6O/c1-15(2)19(20-22-23-24-27(20)14-18-7-4-12-28-18)26-10-8-25(9-11-26)17-6-3-5-16(21)13-17/h3-7,12-13,15,19H,8-11,14H2,1-2H3/t19-/m1/s1. The number of anilines is 1. The number of rotatable bonds is 6. The van der Waals surface area contributed by atoms with Crippen molar-refractivity contribution in [2.75, 3.05) is 31.1 Å². The fraction of sp³-hybridized carbons (Fsp3) is 0.450. The minimum absolute atomic E-state index is 0.159. The zero-order valence-electron chi connectivity index (χ0n) is 16.2. The first-order valence-electron chi connectivity index (χ1n) is 9.65. The maximum Gasteiger partial charge on any atom is 0.169 e. The summed E-state index contributed by atoms with van der Waals surface area (Å²) in [4.78, 5) is 4.86. The summed E-state index contributed by atoms with van der Waals surface area (Å²) in [5, 5.41) is 13.3. The molecular formula is C20H25ClN6O. The van der Waals surface area contributed by atoms with Gasteiger partial charge in [-0.1, -0.05) is 31.5 Å². The largest absolute Gasteiger partial charge is 0.467 e. The molecular weight excluding hydrogens is 376 g/mol. The molecule has 0 aliphatic carbocycles. The second kappa shape index (κ2) is 8.32. The zero-order valence-corrected chi connectivity index (χ0v) is 17.0. The van der Waals surface area contributed by atoms with Crippen LogP contribution in [0.25, 0.3) is 0 Å². The number of hydrogen-bond acceptors (Lipinski definition) is 6. The number of nitrogens with zero attached hydrogens (tertiary/aromatic N) is 6. The molecule has 1 atom stereocenters. The van der Waals surface area contributed by atoms with E-state index in [-0.39, 0.29) is 6.04 Å². The molecule has 1 aliphatic rings. The average molecular weight is 401 g/mol. The molecule has 0 unspecified atom stereocenters. The van der Waals surface area contributed by atoms with Gasteiger partial charge in [-0.3, -0.25) is 4.90 Å². The van der Waals surface area contributed by atoms with Crippen LogP contribution in [0.1, 0.15) is 31.5 Å². The molecule has 3 aromatic rings. The third-order valence-electron chi connectivity index (χ3n) is 5.22. The van der Waals surface area contributed by atoms with E-state index in [1.807, 2.05) is 35.0 Å². The Morgan fingerprint density at radius 1 is 1.11 bits per heavy atom. The summed E-state index contributed by atoms with van der Waals surface area (Å²) in [5.74, 6) is 2.13. The quantitative estimate of drug-likeness (QED) is 0.631. The number of aromatic nitrogens is 4. The normalized spacial score (nSPS) is 16.6. The zero-order chi connectivity index (χ0) is 19.5. The van der Waals surface area contributed by atoms with Crippen molar-refractivity contribution in [3.8, 4) is 0 Å². The van der Waals surface area contributed by atoms with Crippen LogP contribution in [-0.2, 0) is 6.54 Å². The summed E-state index contributed by atoms with van der Waals surface area (Å²) in [6.45, 7) is 8.78. The molecule has 0 radical (unpaired) electrons. The molecule has 2 aromatic heterocycles. The highest BCUT2D eigenvalue weighted by atomic mass is 35.5. The summed E-state index contributed by atoms with van der Waals surface area (Å²) >= 11 is 6.16. The first kappa shape index (κ1) is 19.0. The van der Waals surface area contributed by atoms with Gasteiger partial charge in [-0.05, 0) is 46.7 Å². The van der Waals surface area contributed by atoms with Crippen LogP contribution in [0.4, 0.5) is 5.69 Å². The Labute approximate surface area is 169 Å². The van der Waals surface area contributed by atoms with Crippen LogP contribution >= 0.6 is 11.6 Å². The third-order valence-corrected chi connectivity index (χ3v) is 5.46. The van der Waals surface area contributed by atoms with E-state index in [4.69, 9.17) is 16.0 Å². The Morgan fingerprint density at radius 2 is 1.93 bits per heavy atom. The summed E-state index contributed by atoms with van der Waals surface area (Å²) in [6, 6.07) is 12.0. The Hall–Kier alpha value is -2.38. The van der Waals surface area contributed by atoms with Gasteiger partial charge in [-0.15, -0.1) is 5.10 Å². The molecule has 28 heavy (non-hydrogen) atoms. The number of halogens is 1. The van der Waals surface area contributed by atoms with Crippen molar-refractivity contribution >= 4 is 17.3 Å². The molecule has 148 valence electrons. The van der Waals surface area contributed by atoms with Gasteiger partial charge in [0.05, 0.1) is 12.3 Å². The molecule has 0 amide bonds. The minimum Gasteiger partial charge on any atom is -0.467 e. The molecule has 0 spiro atoms. The molecule has 0 bridgehead atoms. The molecule has 0 N–H and O–H groups in total. The second-order valence-corrected chi connectivity index (χ2v) is 7.90. The average Bonchev–Trinajstić information content (AvgIpc) is 3.35. The van der Waals surface area contributed by atoms with Crippen LogP contribution < -0.4 is 4.90 Å². The van der Waals surface area contributed by atoms with E-state index < -0.39 is 0 Å². The fourth-order valence-corrected chi connectivity index (χ4v) is 4.08. The number of furan rings is 1. The Kier molecular flexibility index (Phi) is 5.64. The molecule has 1 saturated heterocycles. The fourth-order valence-electron chi connectivity index (χ4n) is 3.90. The van der Waals surface area contributed by atoms with Crippen molar-refractivity contribution in [3.63, 3.8) is 0 Å². The van der Waals surface area contributed by atoms with E-state index in [2.05, 4.69) is 45.2 Å². The molecule has 3 heterocycles. The molecule has 8 heteroatoms. The molecule has 4 rings (SSSR count). The van der Waals surface area contributed by atoms with E-state index in [1.165, 1.54) is 5.69 Å². The lowest BCUT2D eigenvalue weighted by Gasteiger charge is -2.41. The predicted molar refractivity (Wildman–Crippen MR) is 108 cm³/mol. The van der Waals surface area contributed by atoms with Crippen molar-refractivity contribution in [1.29, 1.82) is 0 Å². The van der Waals surface area contributed by atoms with Gasteiger partial charge in [0, 0.05) is 36.9 Å². The van der Waals surface area contributed by atoms with Crippen molar-refractivity contribution < 1.29 is 4.42 Å². The van der Waals surface area contributed by atoms with Gasteiger partial charge in [0.15, 0.2) is 5.82 Å². The first-order valence-corrected chi connectivity index (χ1v) is 10.0. The van der Waals surface area contributed by atoms with Gasteiger partial charge in [-0.2, -0.15) is 0 Å². The summed E-state index contributed by atoms with van der Waals surface area (Å²) in [7, 11) is 0. The number of piperazine rings is 1. The van der Waals surface area contributed by atoms with Gasteiger partial charge in [0.1, 0.15) is 12.3 Å². The van der Waals surface area contributed by atoms with Crippen LogP contribution in [0.5, 0.6) is 0 Å². The number of hydrogen-bond donors (Lipinski definition) is 0. The van der Waals surface area contributed by atoms with Crippen molar-refractivity contribution in [1.82, 2.24) is 25.1 Å². The van der Waals surface area contributed by atoms with Crippen molar-refractivity contribution in [2.45, 2.75) is 26.4 Å². The summed E-state index contributed by atoms with van der Waals surface area (Å²) in [6.07, 6.45) is 1.67. The predicted octanol–water partition coefficient (Wildman–Crippen LogP) is 3.49. The highest BCUT2D eigenvalue weighted by Crippen LogP contribution is 2.29. The van der Waals surface area contributed by atoms with Crippen LogP contribution in [0.3, 0.4) is 0 Å². The van der Waals surface area contributed by atoms with Crippen LogP contribution in [0.2, 0.25) is 5.02 Å². The van der Waals surface area contributed by atoms with Crippen LogP contribution in [0.15, 0.2) is 47.1 Å². The van der Waals surface area contributed by atoms with Gasteiger partial charge >= 0.3 is 0 Å². The SMILES string of the molecule is CC(C)[C@H](c1nnnn1Cc1ccco1)N1CCN(c2cccc(Cl)c2)CC1. The third kappa shape index (κ3) is 4.05. The number of tetrazole rings is 1. The van der Waals surface area contributed by atoms with E-state index in [9.17, 15) is 0 Å². The smallest absolute Gasteiger partial charge is 0.169 e. The van der Waals surface area contributed by atoms with E-state index in [0.29, 0.717) is 12.5 Å². The van der Waals surface area contributed by atoms with Gasteiger partial charge in [0.2, 0.25) is 0 Å². The maximum atomic E-state index is 6.16. The topological polar surface area (TPSA) is 63.2 Å². The lowest BCUT2D eigenvalue weighted by atomic mass is 10.0. The molecule has 7 nitrogen and oxygen atoms in total. The van der Waals surface area contributed by atoms with Gasteiger partial charge < -0.3 is 9.32 Å². The molecule has 0 saturated carbocycles. The van der Waals surface area contributed by atoms with Crippen molar-refractivity contribution in [2.24, 2.45) is 5.92 Å². The Balaban J connectivity index is 1.49. The van der Waals surface area contributed by atoms with Gasteiger partial charge in [-0.25, -0.2) is 4.68 Å². The maximum absolute atomic E-state index is 6.16. The lowest BCUT2D eigenvalue weighted by Crippen LogP contribution is -2.49. The molecule has 1 aromatic carbocycles.